The Morgan fingerprint density at radius 2 is 1.86 bits per heavy atom. The van der Waals surface area contributed by atoms with Crippen LogP contribution in [0.2, 0.25) is 0 Å². The number of rotatable bonds is 4. The molecule has 2 amide bonds. The van der Waals surface area contributed by atoms with Crippen LogP contribution in [0.1, 0.15) is 54.1 Å². The van der Waals surface area contributed by atoms with E-state index in [2.05, 4.69) is 10.3 Å². The van der Waals surface area contributed by atoms with Gasteiger partial charge in [-0.3, -0.25) is 14.9 Å². The molecule has 3 aromatic rings. The molecule has 5 rings (SSSR count). The van der Waals surface area contributed by atoms with E-state index in [0.717, 1.165) is 56.9 Å². The van der Waals surface area contributed by atoms with E-state index in [-0.39, 0.29) is 24.1 Å². The summed E-state index contributed by atoms with van der Waals surface area (Å²) in [7, 11) is 1.00. The van der Waals surface area contributed by atoms with Crippen LogP contribution in [0, 0.1) is 0 Å². The molecule has 1 aliphatic carbocycles. The van der Waals surface area contributed by atoms with Crippen molar-refractivity contribution in [3.8, 4) is 0 Å². The van der Waals surface area contributed by atoms with Gasteiger partial charge in [0.25, 0.3) is 11.8 Å². The smallest absolute Gasteiger partial charge is 0.400 e. The number of imidazole rings is 1. The van der Waals surface area contributed by atoms with Gasteiger partial charge in [0, 0.05) is 30.9 Å². The summed E-state index contributed by atoms with van der Waals surface area (Å²) in [5.41, 5.74) is 1.12. The molecule has 0 radical (unpaired) electrons. The van der Waals surface area contributed by atoms with Crippen LogP contribution < -0.4 is 10.2 Å². The summed E-state index contributed by atoms with van der Waals surface area (Å²) in [6, 6.07) is 9.99. The van der Waals surface area contributed by atoms with Crippen molar-refractivity contribution >= 4 is 34.5 Å². The fraction of sp³-hybridized carbons (Fsp3) is 0.423. The molecule has 1 saturated heterocycles. The Kier molecular flexibility index (Phi) is 8.13. The predicted octanol–water partition coefficient (Wildman–Crippen LogP) is 4.78. The van der Waals surface area contributed by atoms with Crippen LogP contribution in [0.4, 0.5) is 24.8 Å². The quantitative estimate of drug-likeness (QED) is 0.518. The van der Waals surface area contributed by atoms with Crippen molar-refractivity contribution in [1.82, 2.24) is 9.55 Å². The fourth-order valence-corrected chi connectivity index (χ4v) is 4.85. The first-order valence-corrected chi connectivity index (χ1v) is 12.1. The zero-order valence-corrected chi connectivity index (χ0v) is 20.4. The predicted molar refractivity (Wildman–Crippen MR) is 133 cm³/mol. The van der Waals surface area contributed by atoms with Gasteiger partial charge in [-0.05, 0) is 49.2 Å². The van der Waals surface area contributed by atoms with Gasteiger partial charge in [-0.1, -0.05) is 25.3 Å². The Morgan fingerprint density at radius 3 is 2.57 bits per heavy atom. The van der Waals surface area contributed by atoms with Gasteiger partial charge in [-0.2, -0.15) is 13.2 Å². The molecule has 1 aromatic heterocycles. The van der Waals surface area contributed by atoms with Gasteiger partial charge in [-0.25, -0.2) is 4.98 Å². The molecule has 2 aromatic carbocycles. The second-order valence-electron chi connectivity index (χ2n) is 8.90. The number of nitrogens with zero attached hydrogens (tertiary/aromatic N) is 3. The molecule has 37 heavy (non-hydrogen) atoms. The normalized spacial score (nSPS) is 16.9. The minimum Gasteiger partial charge on any atom is -0.400 e. The highest BCUT2D eigenvalue weighted by atomic mass is 19.4. The number of anilines is 2. The third-order valence-corrected chi connectivity index (χ3v) is 6.59. The molecule has 0 unspecified atom stereocenters. The minimum atomic E-state index is -4.54. The number of fused-ring (bicyclic) bond motifs is 1. The highest BCUT2D eigenvalue weighted by Gasteiger charge is 2.31. The Morgan fingerprint density at radius 1 is 1.11 bits per heavy atom. The maximum Gasteiger partial charge on any atom is 0.416 e. The summed E-state index contributed by atoms with van der Waals surface area (Å²) in [6.45, 7) is 0.901. The molecule has 1 saturated carbocycles. The van der Waals surface area contributed by atoms with Crippen molar-refractivity contribution < 1.29 is 32.6 Å². The maximum atomic E-state index is 13.1. The SMILES string of the molecule is CO.O=C(Nc1nc2cc(N3CCOCC3=O)ccc2n1C1CCCCC1)c1cccc(C(F)(F)F)c1. The highest BCUT2D eigenvalue weighted by molar-refractivity contribution is 6.04. The topological polar surface area (TPSA) is 96.7 Å². The summed E-state index contributed by atoms with van der Waals surface area (Å²) < 4.78 is 46.6. The van der Waals surface area contributed by atoms with E-state index >= 15 is 0 Å². The fourth-order valence-electron chi connectivity index (χ4n) is 4.85. The number of aromatic nitrogens is 2. The van der Waals surface area contributed by atoms with Gasteiger partial charge >= 0.3 is 6.18 Å². The molecule has 0 atom stereocenters. The van der Waals surface area contributed by atoms with Crippen molar-refractivity contribution in [3.63, 3.8) is 0 Å². The average molecular weight is 519 g/mol. The molecular formula is C26H29F3N4O4. The van der Waals surface area contributed by atoms with Crippen LogP contribution in [0.5, 0.6) is 0 Å². The molecule has 2 N–H and O–H groups in total. The summed E-state index contributed by atoms with van der Waals surface area (Å²) in [6.07, 6.45) is 0.526. The van der Waals surface area contributed by atoms with E-state index in [4.69, 9.17) is 9.84 Å². The van der Waals surface area contributed by atoms with Crippen LogP contribution in [-0.2, 0) is 15.7 Å². The number of hydrogen-bond acceptors (Lipinski definition) is 5. The summed E-state index contributed by atoms with van der Waals surface area (Å²) in [5.74, 6) is -0.507. The second-order valence-corrected chi connectivity index (χ2v) is 8.90. The second kappa shape index (κ2) is 11.3. The number of ether oxygens (including phenoxy) is 1. The number of morpholine rings is 1. The minimum absolute atomic E-state index is 0.0207. The zero-order chi connectivity index (χ0) is 26.6. The lowest BCUT2D eigenvalue weighted by Gasteiger charge is -2.27. The van der Waals surface area contributed by atoms with Crippen LogP contribution in [-0.4, -0.2) is 53.3 Å². The Hall–Kier alpha value is -3.44. The number of hydrogen-bond donors (Lipinski definition) is 2. The molecule has 8 nitrogen and oxygen atoms in total. The first kappa shape index (κ1) is 26.6. The molecule has 0 bridgehead atoms. The van der Waals surface area contributed by atoms with E-state index < -0.39 is 17.6 Å². The van der Waals surface area contributed by atoms with Crippen molar-refractivity contribution in [2.45, 2.75) is 44.3 Å². The summed E-state index contributed by atoms with van der Waals surface area (Å²) in [4.78, 5) is 31.5. The number of carbonyl (C=O) groups excluding carboxylic acids is 2. The maximum absolute atomic E-state index is 13.1. The molecule has 2 aliphatic rings. The van der Waals surface area contributed by atoms with E-state index in [0.29, 0.717) is 30.3 Å². The molecule has 198 valence electrons. The van der Waals surface area contributed by atoms with Crippen LogP contribution in [0.25, 0.3) is 11.0 Å². The number of benzene rings is 2. The van der Waals surface area contributed by atoms with E-state index in [9.17, 15) is 22.8 Å². The number of halogens is 3. The third-order valence-electron chi connectivity index (χ3n) is 6.59. The van der Waals surface area contributed by atoms with Gasteiger partial charge in [0.15, 0.2) is 0 Å². The van der Waals surface area contributed by atoms with E-state index in [1.165, 1.54) is 12.1 Å². The Balaban J connectivity index is 0.00000156. The van der Waals surface area contributed by atoms with Gasteiger partial charge in [0.1, 0.15) is 6.61 Å². The van der Waals surface area contributed by atoms with Gasteiger partial charge in [0.05, 0.1) is 23.2 Å². The number of aliphatic hydroxyl groups is 1. The molecule has 1 aliphatic heterocycles. The Bertz CT molecular complexity index is 1270. The number of amides is 2. The Labute approximate surface area is 212 Å². The first-order valence-electron chi connectivity index (χ1n) is 12.1. The summed E-state index contributed by atoms with van der Waals surface area (Å²) >= 11 is 0. The number of carbonyl (C=O) groups is 2. The number of alkyl halides is 3. The lowest BCUT2D eigenvalue weighted by atomic mass is 9.95. The van der Waals surface area contributed by atoms with E-state index in [1.54, 1.807) is 11.0 Å². The standard InChI is InChI=1S/C25H25F3N4O3.CH4O/c26-25(27,28)17-6-4-5-16(13-17)23(34)30-24-29-20-14-19(31-11-12-35-15-22(31)33)9-10-21(20)32(24)18-7-2-1-3-8-18;1-2/h4-6,9-10,13-14,18H,1-3,7-8,11-12,15H2,(H,29,30,34);2H,1H3. The zero-order valence-electron chi connectivity index (χ0n) is 20.4. The lowest BCUT2D eigenvalue weighted by molar-refractivity contribution is -0.137. The van der Waals surface area contributed by atoms with E-state index in [1.807, 2.05) is 16.7 Å². The molecule has 11 heteroatoms. The van der Waals surface area contributed by atoms with Crippen molar-refractivity contribution in [2.24, 2.45) is 0 Å². The van der Waals surface area contributed by atoms with Gasteiger partial charge in [0.2, 0.25) is 5.95 Å². The molecule has 2 fully saturated rings. The van der Waals surface area contributed by atoms with Crippen LogP contribution in [0.3, 0.4) is 0 Å². The molecule has 0 spiro atoms. The lowest BCUT2D eigenvalue weighted by Crippen LogP contribution is -2.41. The van der Waals surface area contributed by atoms with Crippen LogP contribution in [0.15, 0.2) is 42.5 Å². The average Bonchev–Trinajstić information content (AvgIpc) is 3.27. The van der Waals surface area contributed by atoms with Crippen molar-refractivity contribution in [3.05, 3.63) is 53.6 Å². The van der Waals surface area contributed by atoms with Gasteiger partial charge < -0.3 is 19.3 Å². The summed E-state index contributed by atoms with van der Waals surface area (Å²) in [5, 5.41) is 9.75. The van der Waals surface area contributed by atoms with Gasteiger partial charge in [-0.15, -0.1) is 0 Å². The third kappa shape index (κ3) is 5.78. The highest BCUT2D eigenvalue weighted by Crippen LogP contribution is 2.36. The number of aliphatic hydroxyl groups excluding tert-OH is 1. The van der Waals surface area contributed by atoms with Crippen LogP contribution >= 0.6 is 0 Å². The molecular weight excluding hydrogens is 489 g/mol. The largest absolute Gasteiger partial charge is 0.416 e. The van der Waals surface area contributed by atoms with Crippen molar-refractivity contribution in [2.75, 3.05) is 37.1 Å². The first-order chi connectivity index (χ1) is 17.8. The molecule has 2 heterocycles. The van der Waals surface area contributed by atoms with Crippen molar-refractivity contribution in [1.29, 1.82) is 0 Å². The monoisotopic (exact) mass is 518 g/mol. The number of nitrogens with one attached hydrogen (secondary N) is 1.